The first kappa shape index (κ1) is 14.0. The van der Waals surface area contributed by atoms with E-state index in [-0.39, 0.29) is 11.9 Å². The second-order valence-electron chi connectivity index (χ2n) is 5.41. The number of ether oxygens (including phenoxy) is 1. The number of rotatable bonds is 2. The topological polar surface area (TPSA) is 81.6 Å². The highest BCUT2D eigenvalue weighted by Gasteiger charge is 2.34. The Balaban J connectivity index is 1.70. The summed E-state index contributed by atoms with van der Waals surface area (Å²) >= 11 is 0. The van der Waals surface area contributed by atoms with Crippen molar-refractivity contribution in [3.8, 4) is 0 Å². The lowest BCUT2D eigenvalue weighted by atomic mass is 10.1. The Morgan fingerprint density at radius 1 is 1.35 bits per heavy atom. The average Bonchev–Trinajstić information content (AvgIpc) is 3.20. The van der Waals surface area contributed by atoms with E-state index < -0.39 is 0 Å². The van der Waals surface area contributed by atoms with Crippen LogP contribution in [-0.4, -0.2) is 40.7 Å². The standard InChI is InChI=1S/C16H15N3O4/c1-10-17-15(23-18-10)13-9-21-7-6-19(13)16(20)12-8-22-14-5-3-2-4-11(12)14/h2-5,8,13H,6-7,9H2,1H3/t13-/m0/s1. The molecule has 0 aliphatic carbocycles. The number of benzene rings is 1. The van der Waals surface area contributed by atoms with Crippen LogP contribution >= 0.6 is 0 Å². The molecule has 4 rings (SSSR count). The van der Waals surface area contributed by atoms with Crippen molar-refractivity contribution in [1.82, 2.24) is 15.0 Å². The zero-order valence-corrected chi connectivity index (χ0v) is 12.6. The number of fused-ring (bicyclic) bond motifs is 1. The SMILES string of the molecule is Cc1noc([C@@H]2COCCN2C(=O)c2coc3ccccc23)n1. The second-order valence-corrected chi connectivity index (χ2v) is 5.41. The molecule has 23 heavy (non-hydrogen) atoms. The van der Waals surface area contributed by atoms with Gasteiger partial charge in [-0.15, -0.1) is 0 Å². The van der Waals surface area contributed by atoms with Gasteiger partial charge in [0.05, 0.1) is 18.8 Å². The van der Waals surface area contributed by atoms with Crippen LogP contribution < -0.4 is 0 Å². The number of aromatic nitrogens is 2. The summed E-state index contributed by atoms with van der Waals surface area (Å²) in [4.78, 5) is 18.9. The Hall–Kier alpha value is -2.67. The van der Waals surface area contributed by atoms with Gasteiger partial charge in [0.1, 0.15) is 17.9 Å². The monoisotopic (exact) mass is 313 g/mol. The lowest BCUT2D eigenvalue weighted by Crippen LogP contribution is -2.43. The molecule has 0 radical (unpaired) electrons. The number of para-hydroxylation sites is 1. The molecule has 7 nitrogen and oxygen atoms in total. The Kier molecular flexibility index (Phi) is 3.34. The van der Waals surface area contributed by atoms with Crippen LogP contribution in [0, 0.1) is 6.92 Å². The van der Waals surface area contributed by atoms with Gasteiger partial charge in [-0.05, 0) is 13.0 Å². The van der Waals surface area contributed by atoms with Crippen LogP contribution in [0.15, 0.2) is 39.5 Å². The van der Waals surface area contributed by atoms with Crippen LogP contribution in [0.1, 0.15) is 28.1 Å². The van der Waals surface area contributed by atoms with Gasteiger partial charge in [0.15, 0.2) is 5.82 Å². The molecule has 0 N–H and O–H groups in total. The average molecular weight is 313 g/mol. The minimum absolute atomic E-state index is 0.126. The molecular formula is C16H15N3O4. The van der Waals surface area contributed by atoms with E-state index in [4.69, 9.17) is 13.7 Å². The summed E-state index contributed by atoms with van der Waals surface area (Å²) in [5.74, 6) is 0.800. The van der Waals surface area contributed by atoms with Crippen LogP contribution in [0.2, 0.25) is 0 Å². The van der Waals surface area contributed by atoms with Crippen molar-refractivity contribution < 1.29 is 18.5 Å². The number of nitrogens with zero attached hydrogens (tertiary/aromatic N) is 3. The number of aryl methyl sites for hydroxylation is 1. The van der Waals surface area contributed by atoms with Gasteiger partial charge in [0.2, 0.25) is 0 Å². The molecule has 0 bridgehead atoms. The second kappa shape index (κ2) is 5.51. The third-order valence-corrected chi connectivity index (χ3v) is 3.93. The van der Waals surface area contributed by atoms with Crippen LogP contribution in [-0.2, 0) is 4.74 Å². The van der Waals surface area contributed by atoms with Gasteiger partial charge in [-0.3, -0.25) is 4.79 Å². The fourth-order valence-corrected chi connectivity index (χ4v) is 2.80. The van der Waals surface area contributed by atoms with E-state index in [0.29, 0.717) is 42.6 Å². The summed E-state index contributed by atoms with van der Waals surface area (Å²) in [5, 5.41) is 4.60. The first-order valence-corrected chi connectivity index (χ1v) is 7.39. The fraction of sp³-hybridized carbons (Fsp3) is 0.312. The lowest BCUT2D eigenvalue weighted by Gasteiger charge is -2.33. The maximum atomic E-state index is 13.0. The lowest BCUT2D eigenvalue weighted by molar-refractivity contribution is -0.0118. The molecule has 1 saturated heterocycles. The van der Waals surface area contributed by atoms with E-state index >= 15 is 0 Å². The predicted octanol–water partition coefficient (Wildman–Crippen LogP) is 2.34. The number of amides is 1. The van der Waals surface area contributed by atoms with Crippen LogP contribution in [0.4, 0.5) is 0 Å². The van der Waals surface area contributed by atoms with E-state index in [1.807, 2.05) is 24.3 Å². The quantitative estimate of drug-likeness (QED) is 0.722. The number of carbonyl (C=O) groups is 1. The highest BCUT2D eigenvalue weighted by Crippen LogP contribution is 2.28. The van der Waals surface area contributed by atoms with Crippen LogP contribution in [0.25, 0.3) is 11.0 Å². The molecule has 7 heteroatoms. The number of furan rings is 1. The molecule has 1 atom stereocenters. The van der Waals surface area contributed by atoms with E-state index in [1.165, 1.54) is 6.26 Å². The van der Waals surface area contributed by atoms with E-state index in [9.17, 15) is 4.79 Å². The molecule has 1 amide bonds. The molecule has 2 aromatic heterocycles. The first-order valence-electron chi connectivity index (χ1n) is 7.39. The van der Waals surface area contributed by atoms with Gasteiger partial charge in [-0.1, -0.05) is 23.4 Å². The van der Waals surface area contributed by atoms with Gasteiger partial charge in [0, 0.05) is 11.9 Å². The smallest absolute Gasteiger partial charge is 0.258 e. The van der Waals surface area contributed by atoms with E-state index in [2.05, 4.69) is 10.1 Å². The van der Waals surface area contributed by atoms with Crippen molar-refractivity contribution in [3.63, 3.8) is 0 Å². The molecule has 1 aliphatic heterocycles. The number of hydrogen-bond donors (Lipinski definition) is 0. The molecule has 1 aromatic carbocycles. The summed E-state index contributed by atoms with van der Waals surface area (Å²) < 4.78 is 16.2. The highest BCUT2D eigenvalue weighted by molar-refractivity contribution is 6.06. The Labute approximate surface area is 131 Å². The molecule has 0 unspecified atom stereocenters. The maximum absolute atomic E-state index is 13.0. The number of carbonyl (C=O) groups excluding carboxylic acids is 1. The minimum Gasteiger partial charge on any atom is -0.463 e. The Morgan fingerprint density at radius 3 is 3.04 bits per heavy atom. The summed E-state index contributed by atoms with van der Waals surface area (Å²) in [7, 11) is 0. The molecule has 0 saturated carbocycles. The van der Waals surface area contributed by atoms with Crippen LogP contribution in [0.5, 0.6) is 0 Å². The van der Waals surface area contributed by atoms with Crippen molar-refractivity contribution in [1.29, 1.82) is 0 Å². The van der Waals surface area contributed by atoms with Crippen molar-refractivity contribution in [2.45, 2.75) is 13.0 Å². The zero-order chi connectivity index (χ0) is 15.8. The largest absolute Gasteiger partial charge is 0.463 e. The van der Waals surface area contributed by atoms with E-state index in [1.54, 1.807) is 11.8 Å². The molecule has 1 aliphatic rings. The summed E-state index contributed by atoms with van der Waals surface area (Å²) in [6.07, 6.45) is 1.50. The molecule has 1 fully saturated rings. The van der Waals surface area contributed by atoms with Gasteiger partial charge in [-0.25, -0.2) is 0 Å². The fourth-order valence-electron chi connectivity index (χ4n) is 2.80. The molecule has 3 heterocycles. The van der Waals surface area contributed by atoms with Crippen molar-refractivity contribution in [3.05, 3.63) is 47.8 Å². The molecule has 118 valence electrons. The van der Waals surface area contributed by atoms with Gasteiger partial charge in [0.25, 0.3) is 11.8 Å². The molecule has 0 spiro atoms. The normalized spacial score (nSPS) is 18.5. The maximum Gasteiger partial charge on any atom is 0.258 e. The predicted molar refractivity (Wildman–Crippen MR) is 79.8 cm³/mol. The van der Waals surface area contributed by atoms with Gasteiger partial charge in [-0.2, -0.15) is 4.98 Å². The first-order chi connectivity index (χ1) is 11.2. The van der Waals surface area contributed by atoms with Crippen molar-refractivity contribution in [2.75, 3.05) is 19.8 Å². The third kappa shape index (κ3) is 2.39. The number of hydrogen-bond acceptors (Lipinski definition) is 6. The zero-order valence-electron chi connectivity index (χ0n) is 12.6. The minimum atomic E-state index is -0.383. The highest BCUT2D eigenvalue weighted by atomic mass is 16.5. The number of morpholine rings is 1. The summed E-state index contributed by atoms with van der Waals surface area (Å²) in [5.41, 5.74) is 1.22. The van der Waals surface area contributed by atoms with Crippen molar-refractivity contribution >= 4 is 16.9 Å². The van der Waals surface area contributed by atoms with Gasteiger partial charge >= 0.3 is 0 Å². The molecule has 3 aromatic rings. The van der Waals surface area contributed by atoms with Crippen LogP contribution in [0.3, 0.4) is 0 Å². The summed E-state index contributed by atoms with van der Waals surface area (Å²) in [6, 6.07) is 7.08. The summed E-state index contributed by atoms with van der Waals surface area (Å²) in [6.45, 7) is 3.02. The third-order valence-electron chi connectivity index (χ3n) is 3.93. The van der Waals surface area contributed by atoms with Crippen molar-refractivity contribution in [2.24, 2.45) is 0 Å². The van der Waals surface area contributed by atoms with E-state index in [0.717, 1.165) is 5.39 Å². The van der Waals surface area contributed by atoms with Gasteiger partial charge < -0.3 is 18.6 Å². The molecular weight excluding hydrogens is 298 g/mol. The Bertz CT molecular complexity index is 854. The Morgan fingerprint density at radius 2 is 2.22 bits per heavy atom.